The summed E-state index contributed by atoms with van der Waals surface area (Å²) in [6.45, 7) is 1.05. The number of anilines is 1. The van der Waals surface area contributed by atoms with Gasteiger partial charge in [-0.1, -0.05) is 66.2 Å². The first-order valence-corrected chi connectivity index (χ1v) is 9.33. The molecule has 25 heavy (non-hydrogen) atoms. The Morgan fingerprint density at radius 1 is 0.840 bits per heavy atom. The molecule has 1 aliphatic heterocycles. The van der Waals surface area contributed by atoms with Crippen molar-refractivity contribution in [3.05, 3.63) is 101 Å². The number of benzene rings is 3. The highest BCUT2D eigenvalue weighted by molar-refractivity contribution is 6.30. The van der Waals surface area contributed by atoms with E-state index < -0.39 is 0 Å². The van der Waals surface area contributed by atoms with Crippen molar-refractivity contribution in [2.24, 2.45) is 0 Å². The molecule has 3 aromatic carbocycles. The summed E-state index contributed by atoms with van der Waals surface area (Å²) in [7, 11) is 0. The molecule has 0 radical (unpaired) electrons. The summed E-state index contributed by atoms with van der Waals surface area (Å²) in [6.07, 6.45) is 3.30. The average molecular weight is 348 g/mol. The number of rotatable bonds is 4. The van der Waals surface area contributed by atoms with Crippen LogP contribution in [0, 0.1) is 0 Å². The highest BCUT2D eigenvalue weighted by Gasteiger charge is 2.27. The molecule has 0 amide bonds. The van der Waals surface area contributed by atoms with E-state index in [9.17, 15) is 0 Å². The van der Waals surface area contributed by atoms with E-state index in [-0.39, 0.29) is 0 Å². The maximum atomic E-state index is 6.09. The summed E-state index contributed by atoms with van der Waals surface area (Å²) < 4.78 is 0. The molecule has 0 aromatic heterocycles. The van der Waals surface area contributed by atoms with Gasteiger partial charge in [-0.2, -0.15) is 0 Å². The number of aryl methyl sites for hydroxylation is 1. The summed E-state index contributed by atoms with van der Waals surface area (Å²) in [5.41, 5.74) is 5.63. The van der Waals surface area contributed by atoms with Crippen LogP contribution in [-0.2, 0) is 12.8 Å². The van der Waals surface area contributed by atoms with Crippen molar-refractivity contribution in [2.75, 3.05) is 11.4 Å². The predicted molar refractivity (Wildman–Crippen MR) is 106 cm³/mol. The minimum absolute atomic E-state index is 0.409. The topological polar surface area (TPSA) is 3.24 Å². The van der Waals surface area contributed by atoms with Gasteiger partial charge in [-0.15, -0.1) is 0 Å². The van der Waals surface area contributed by atoms with Gasteiger partial charge in [-0.3, -0.25) is 0 Å². The quantitative estimate of drug-likeness (QED) is 0.553. The van der Waals surface area contributed by atoms with E-state index in [1.165, 1.54) is 22.4 Å². The normalized spacial score (nSPS) is 16.5. The molecular weight excluding hydrogens is 326 g/mol. The summed E-state index contributed by atoms with van der Waals surface area (Å²) >= 11 is 6.09. The van der Waals surface area contributed by atoms with Crippen molar-refractivity contribution in [1.82, 2.24) is 0 Å². The van der Waals surface area contributed by atoms with Gasteiger partial charge < -0.3 is 4.90 Å². The van der Waals surface area contributed by atoms with Gasteiger partial charge in [0.05, 0.1) is 6.04 Å². The highest BCUT2D eigenvalue weighted by Crippen LogP contribution is 2.36. The van der Waals surface area contributed by atoms with Crippen molar-refractivity contribution in [1.29, 1.82) is 0 Å². The van der Waals surface area contributed by atoms with Crippen LogP contribution in [0.25, 0.3) is 0 Å². The number of hydrogen-bond acceptors (Lipinski definition) is 1. The van der Waals surface area contributed by atoms with E-state index in [0.717, 1.165) is 30.8 Å². The zero-order valence-corrected chi connectivity index (χ0v) is 15.0. The maximum Gasteiger partial charge on any atom is 0.0548 e. The predicted octanol–water partition coefficient (Wildman–Crippen LogP) is 6.08. The number of fused-ring (bicyclic) bond motifs is 1. The Morgan fingerprint density at radius 2 is 1.56 bits per heavy atom. The Bertz CT molecular complexity index is 826. The van der Waals surface area contributed by atoms with Gasteiger partial charge >= 0.3 is 0 Å². The van der Waals surface area contributed by atoms with E-state index in [0.29, 0.717) is 6.04 Å². The second kappa shape index (κ2) is 7.33. The molecule has 0 fully saturated rings. The van der Waals surface area contributed by atoms with Gasteiger partial charge in [0.15, 0.2) is 0 Å². The average Bonchev–Trinajstić information content (AvgIpc) is 2.67. The van der Waals surface area contributed by atoms with Crippen LogP contribution >= 0.6 is 11.6 Å². The standard InChI is InChI=1S/C23H22ClN/c24-20-11-13-21(14-12-20)25-17-16-19-8-4-5-9-22(19)23(25)15-10-18-6-2-1-3-7-18/h1-9,11-14,23H,10,15-17H2. The first-order chi connectivity index (χ1) is 12.3. The molecule has 0 N–H and O–H groups in total. The number of hydrogen-bond donors (Lipinski definition) is 0. The summed E-state index contributed by atoms with van der Waals surface area (Å²) in [5.74, 6) is 0. The van der Waals surface area contributed by atoms with Gasteiger partial charge in [-0.25, -0.2) is 0 Å². The van der Waals surface area contributed by atoms with E-state index >= 15 is 0 Å². The van der Waals surface area contributed by atoms with Gasteiger partial charge in [0, 0.05) is 17.3 Å². The molecule has 0 aliphatic carbocycles. The Balaban J connectivity index is 1.64. The maximum absolute atomic E-state index is 6.09. The minimum atomic E-state index is 0.409. The van der Waals surface area contributed by atoms with Gasteiger partial charge in [0.25, 0.3) is 0 Å². The van der Waals surface area contributed by atoms with Crippen LogP contribution in [0.5, 0.6) is 0 Å². The molecule has 3 aromatic rings. The van der Waals surface area contributed by atoms with Crippen molar-refractivity contribution in [3.8, 4) is 0 Å². The van der Waals surface area contributed by atoms with Crippen LogP contribution in [0.2, 0.25) is 5.02 Å². The Hall–Kier alpha value is -2.25. The van der Waals surface area contributed by atoms with Crippen LogP contribution in [0.15, 0.2) is 78.9 Å². The lowest BCUT2D eigenvalue weighted by molar-refractivity contribution is 0.545. The monoisotopic (exact) mass is 347 g/mol. The molecule has 0 saturated heterocycles. The highest BCUT2D eigenvalue weighted by atomic mass is 35.5. The second-order valence-electron chi connectivity index (χ2n) is 6.66. The molecule has 1 aliphatic rings. The van der Waals surface area contributed by atoms with Crippen LogP contribution in [0.4, 0.5) is 5.69 Å². The third-order valence-corrected chi connectivity index (χ3v) is 5.37. The third kappa shape index (κ3) is 3.57. The van der Waals surface area contributed by atoms with Crippen molar-refractivity contribution >= 4 is 17.3 Å². The van der Waals surface area contributed by atoms with Crippen LogP contribution < -0.4 is 4.90 Å². The molecule has 0 bridgehead atoms. The SMILES string of the molecule is Clc1ccc(N2CCc3ccccc3C2CCc2ccccc2)cc1. The molecule has 1 atom stereocenters. The van der Waals surface area contributed by atoms with E-state index in [1.54, 1.807) is 0 Å². The molecule has 2 heteroatoms. The first-order valence-electron chi connectivity index (χ1n) is 8.95. The fourth-order valence-electron chi connectivity index (χ4n) is 3.85. The largest absolute Gasteiger partial charge is 0.364 e. The van der Waals surface area contributed by atoms with Crippen LogP contribution in [-0.4, -0.2) is 6.54 Å². The van der Waals surface area contributed by atoms with Gasteiger partial charge in [0.2, 0.25) is 0 Å². The van der Waals surface area contributed by atoms with Crippen LogP contribution in [0.3, 0.4) is 0 Å². The molecule has 0 spiro atoms. The lowest BCUT2D eigenvalue weighted by Crippen LogP contribution is -2.35. The zero-order chi connectivity index (χ0) is 17.1. The Kier molecular flexibility index (Phi) is 4.76. The van der Waals surface area contributed by atoms with Gasteiger partial charge in [0.1, 0.15) is 0 Å². The Labute approximate surface area is 154 Å². The smallest absolute Gasteiger partial charge is 0.0548 e. The zero-order valence-electron chi connectivity index (χ0n) is 14.2. The molecule has 1 heterocycles. The first kappa shape index (κ1) is 16.2. The van der Waals surface area contributed by atoms with E-state index in [2.05, 4.69) is 71.6 Å². The lowest BCUT2D eigenvalue weighted by atomic mass is 9.88. The molecule has 4 rings (SSSR count). The molecule has 0 saturated carbocycles. The number of nitrogens with zero attached hydrogens (tertiary/aromatic N) is 1. The summed E-state index contributed by atoms with van der Waals surface area (Å²) in [4.78, 5) is 2.54. The molecular formula is C23H22ClN. The van der Waals surface area contributed by atoms with E-state index in [4.69, 9.17) is 11.6 Å². The second-order valence-corrected chi connectivity index (χ2v) is 7.10. The fraction of sp³-hybridized carbons (Fsp3) is 0.217. The fourth-order valence-corrected chi connectivity index (χ4v) is 3.98. The van der Waals surface area contributed by atoms with Crippen LogP contribution in [0.1, 0.15) is 29.2 Å². The Morgan fingerprint density at radius 3 is 2.36 bits per heavy atom. The van der Waals surface area contributed by atoms with Crippen molar-refractivity contribution in [3.63, 3.8) is 0 Å². The molecule has 1 nitrogen and oxygen atoms in total. The number of halogens is 1. The van der Waals surface area contributed by atoms with Crippen molar-refractivity contribution < 1.29 is 0 Å². The summed E-state index contributed by atoms with van der Waals surface area (Å²) in [6, 6.07) is 28.4. The molecule has 1 unspecified atom stereocenters. The lowest BCUT2D eigenvalue weighted by Gasteiger charge is -2.39. The molecule has 126 valence electrons. The van der Waals surface area contributed by atoms with E-state index in [1.807, 2.05) is 12.1 Å². The minimum Gasteiger partial charge on any atom is -0.364 e. The summed E-state index contributed by atoms with van der Waals surface area (Å²) in [5, 5.41) is 0.794. The van der Waals surface area contributed by atoms with Crippen molar-refractivity contribution in [2.45, 2.75) is 25.3 Å². The third-order valence-electron chi connectivity index (χ3n) is 5.12. The van der Waals surface area contributed by atoms with Gasteiger partial charge in [-0.05, 0) is 60.2 Å².